The molecule has 0 radical (unpaired) electrons. The van der Waals surface area contributed by atoms with Crippen LogP contribution in [0.1, 0.15) is 54.4 Å². The summed E-state index contributed by atoms with van der Waals surface area (Å²) in [6.45, 7) is 6.86. The fourth-order valence-corrected chi connectivity index (χ4v) is 6.32. The molecule has 0 aliphatic carbocycles. The van der Waals surface area contributed by atoms with E-state index in [1.807, 2.05) is 42.2 Å². The highest BCUT2D eigenvalue weighted by molar-refractivity contribution is 5.94. The van der Waals surface area contributed by atoms with Crippen LogP contribution in [0.4, 0.5) is 0 Å². The second kappa shape index (κ2) is 17.4. The molecule has 3 aliphatic heterocycles. The molecule has 46 heavy (non-hydrogen) atoms. The molecule has 0 aromatic heterocycles. The van der Waals surface area contributed by atoms with Gasteiger partial charge >= 0.3 is 0 Å². The zero-order chi connectivity index (χ0) is 32.9. The van der Waals surface area contributed by atoms with Crippen molar-refractivity contribution >= 4 is 24.2 Å². The van der Waals surface area contributed by atoms with Gasteiger partial charge in [0.25, 0.3) is 12.4 Å². The summed E-state index contributed by atoms with van der Waals surface area (Å²) in [5, 5.41) is 9.99. The molecule has 2 saturated heterocycles. The predicted molar refractivity (Wildman–Crippen MR) is 171 cm³/mol. The Morgan fingerprint density at radius 2 is 1.76 bits per heavy atom. The van der Waals surface area contributed by atoms with E-state index in [0.717, 1.165) is 31.5 Å². The number of hydrogen-bond donors (Lipinski definition) is 2. The fourth-order valence-electron chi connectivity index (χ4n) is 6.32. The van der Waals surface area contributed by atoms with E-state index in [4.69, 9.17) is 24.1 Å². The van der Waals surface area contributed by atoms with Crippen LogP contribution in [-0.4, -0.2) is 117 Å². The highest BCUT2D eigenvalue weighted by Gasteiger charge is 2.41. The lowest BCUT2D eigenvalue weighted by molar-refractivity contribution is -0.132. The molecular formula is C34H46N4O8. The van der Waals surface area contributed by atoms with E-state index >= 15 is 0 Å². The number of carboxylic acid groups (broad SMARTS) is 1. The smallest absolute Gasteiger partial charge is 0.290 e. The maximum Gasteiger partial charge on any atom is 0.290 e. The minimum atomic E-state index is -0.381. The summed E-state index contributed by atoms with van der Waals surface area (Å²) in [7, 11) is 1.59. The first-order valence-corrected chi connectivity index (χ1v) is 16.1. The van der Waals surface area contributed by atoms with Crippen molar-refractivity contribution in [1.82, 2.24) is 20.0 Å². The first kappa shape index (κ1) is 34.6. The van der Waals surface area contributed by atoms with Gasteiger partial charge in [0.05, 0.1) is 32.7 Å². The van der Waals surface area contributed by atoms with Gasteiger partial charge in [0.15, 0.2) is 11.5 Å². The minimum absolute atomic E-state index is 0.0732. The van der Waals surface area contributed by atoms with Gasteiger partial charge in [0, 0.05) is 37.7 Å². The van der Waals surface area contributed by atoms with E-state index in [1.54, 1.807) is 24.1 Å². The Morgan fingerprint density at radius 1 is 1.00 bits per heavy atom. The fraction of sp³-hybridized carbons (Fsp3) is 0.529. The van der Waals surface area contributed by atoms with Gasteiger partial charge in [-0.2, -0.15) is 0 Å². The van der Waals surface area contributed by atoms with Crippen molar-refractivity contribution in [2.45, 2.75) is 38.5 Å². The van der Waals surface area contributed by atoms with Crippen LogP contribution in [0.3, 0.4) is 0 Å². The Labute approximate surface area is 270 Å². The van der Waals surface area contributed by atoms with Gasteiger partial charge in [-0.05, 0) is 75.2 Å². The molecule has 3 aliphatic rings. The van der Waals surface area contributed by atoms with Gasteiger partial charge in [0.1, 0.15) is 12.4 Å². The van der Waals surface area contributed by atoms with E-state index in [2.05, 4.69) is 10.2 Å². The first-order chi connectivity index (χ1) is 22.4. The van der Waals surface area contributed by atoms with Crippen LogP contribution in [0.2, 0.25) is 0 Å². The van der Waals surface area contributed by atoms with E-state index in [1.165, 1.54) is 6.42 Å². The Kier molecular flexibility index (Phi) is 13.1. The largest absolute Gasteiger partial charge is 0.494 e. The van der Waals surface area contributed by atoms with Gasteiger partial charge in [-0.15, -0.1) is 0 Å². The van der Waals surface area contributed by atoms with Crippen LogP contribution in [-0.2, 0) is 14.4 Å². The van der Waals surface area contributed by atoms with E-state index in [9.17, 15) is 14.4 Å². The summed E-state index contributed by atoms with van der Waals surface area (Å²) in [4.78, 5) is 54.6. The average molecular weight is 639 g/mol. The maximum atomic E-state index is 13.6. The Bertz CT molecular complexity index is 1330. The third-order valence-electron chi connectivity index (χ3n) is 8.63. The Morgan fingerprint density at radius 3 is 2.50 bits per heavy atom. The lowest BCUT2D eigenvalue weighted by atomic mass is 9.88. The predicted octanol–water partition coefficient (Wildman–Crippen LogP) is 2.86. The third-order valence-corrected chi connectivity index (χ3v) is 8.63. The second-order valence-corrected chi connectivity index (χ2v) is 11.6. The van der Waals surface area contributed by atoms with Crippen LogP contribution in [0, 0.1) is 5.92 Å². The molecule has 2 N–H and O–H groups in total. The van der Waals surface area contributed by atoms with E-state index in [0.29, 0.717) is 75.1 Å². The molecule has 2 fully saturated rings. The molecule has 3 heterocycles. The second-order valence-electron chi connectivity index (χ2n) is 11.6. The van der Waals surface area contributed by atoms with Crippen molar-refractivity contribution in [3.05, 3.63) is 53.6 Å². The zero-order valence-corrected chi connectivity index (χ0v) is 26.8. The van der Waals surface area contributed by atoms with Crippen LogP contribution < -0.4 is 19.5 Å². The van der Waals surface area contributed by atoms with Crippen LogP contribution >= 0.6 is 0 Å². The molecule has 0 unspecified atom stereocenters. The number of carbonyl (C=O) groups excluding carboxylic acids is 3. The molecule has 2 bridgehead atoms. The topological polar surface area (TPSA) is 138 Å². The standard InChI is InChI=1S/C33H44N4O6.CH2O2/c1-3-42-26-10-7-9-25(19-26)33(40)36-16-8-13-34-32(39)28-22-37(31(38)23-35-14-5-4-6-15-35)21-27(28)24-11-12-29(41-2)30(20-24)43-18-17-36;2-1-3/h7,9-12,19-20,27-28H,3-6,8,13-18,21-23H2,1-2H3,(H,34,39);1H,(H,2,3)/t27-,28+;/m1./s1. The lowest BCUT2D eigenvalue weighted by Crippen LogP contribution is -2.42. The van der Waals surface area contributed by atoms with Crippen molar-refractivity contribution in [1.29, 1.82) is 0 Å². The highest BCUT2D eigenvalue weighted by Crippen LogP contribution is 2.38. The Hall–Kier alpha value is -4.32. The van der Waals surface area contributed by atoms with Gasteiger partial charge < -0.3 is 34.4 Å². The monoisotopic (exact) mass is 638 g/mol. The quantitative estimate of drug-likeness (QED) is 0.458. The van der Waals surface area contributed by atoms with Crippen molar-refractivity contribution in [2.24, 2.45) is 5.92 Å². The number of rotatable bonds is 6. The molecule has 0 spiro atoms. The number of amides is 3. The molecule has 5 rings (SSSR count). The average Bonchev–Trinajstić information content (AvgIpc) is 3.52. The number of likely N-dealkylation sites (tertiary alicyclic amines) is 2. The number of methoxy groups -OCH3 is 1. The summed E-state index contributed by atoms with van der Waals surface area (Å²) in [6.07, 6.45) is 4.05. The number of ether oxygens (including phenoxy) is 3. The molecule has 2 aromatic rings. The van der Waals surface area contributed by atoms with Gasteiger partial charge in [-0.25, -0.2) is 0 Å². The number of benzene rings is 2. The number of nitrogens with one attached hydrogen (secondary N) is 1. The van der Waals surface area contributed by atoms with Crippen molar-refractivity contribution in [2.75, 3.05) is 72.7 Å². The van der Waals surface area contributed by atoms with Crippen molar-refractivity contribution < 1.29 is 38.5 Å². The van der Waals surface area contributed by atoms with Crippen molar-refractivity contribution in [3.63, 3.8) is 0 Å². The maximum absolute atomic E-state index is 13.6. The number of piperidine rings is 1. The molecule has 3 amide bonds. The molecule has 250 valence electrons. The van der Waals surface area contributed by atoms with Crippen molar-refractivity contribution in [3.8, 4) is 17.2 Å². The highest BCUT2D eigenvalue weighted by atomic mass is 16.5. The summed E-state index contributed by atoms with van der Waals surface area (Å²) in [5.41, 5.74) is 1.47. The molecule has 2 aromatic carbocycles. The number of fused-ring (bicyclic) bond motifs is 4. The number of hydrogen-bond acceptors (Lipinski definition) is 8. The summed E-state index contributed by atoms with van der Waals surface area (Å²) < 4.78 is 17.4. The normalized spacial score (nSPS) is 20.5. The molecule has 12 heteroatoms. The molecule has 0 saturated carbocycles. The van der Waals surface area contributed by atoms with Gasteiger partial charge in [-0.1, -0.05) is 18.6 Å². The van der Waals surface area contributed by atoms with E-state index < -0.39 is 0 Å². The number of nitrogens with zero attached hydrogens (tertiary/aromatic N) is 3. The zero-order valence-electron chi connectivity index (χ0n) is 26.8. The molecule has 12 nitrogen and oxygen atoms in total. The Balaban J connectivity index is 0.00000154. The van der Waals surface area contributed by atoms with Gasteiger partial charge in [-0.3, -0.25) is 24.1 Å². The van der Waals surface area contributed by atoms with Gasteiger partial charge in [0.2, 0.25) is 11.8 Å². The number of carbonyl (C=O) groups is 4. The van der Waals surface area contributed by atoms with Crippen LogP contribution in [0.5, 0.6) is 17.2 Å². The summed E-state index contributed by atoms with van der Waals surface area (Å²) >= 11 is 0. The SMILES string of the molecule is CCOc1cccc(C(=O)N2CCCNC(=O)[C@H]3CN(C(=O)CN4CCCCC4)C[C@@H]3c3ccc(OC)c(c3)OCC2)c1.O=CO. The van der Waals surface area contributed by atoms with Crippen LogP contribution in [0.15, 0.2) is 42.5 Å². The third kappa shape index (κ3) is 9.12. The summed E-state index contributed by atoms with van der Waals surface area (Å²) in [6, 6.07) is 12.9. The molecule has 2 atom stereocenters. The minimum Gasteiger partial charge on any atom is -0.494 e. The molecular weight excluding hydrogens is 592 g/mol. The first-order valence-electron chi connectivity index (χ1n) is 16.1. The lowest BCUT2D eigenvalue weighted by Gasteiger charge is -2.28. The summed E-state index contributed by atoms with van der Waals surface area (Å²) in [5.74, 6) is 1.13. The van der Waals surface area contributed by atoms with E-state index in [-0.39, 0.29) is 42.6 Å². The van der Waals surface area contributed by atoms with Crippen LogP contribution in [0.25, 0.3) is 0 Å².